The van der Waals surface area contributed by atoms with E-state index in [1.807, 2.05) is 6.07 Å². The summed E-state index contributed by atoms with van der Waals surface area (Å²) in [4.78, 5) is 31.9. The molecule has 0 saturated carbocycles. The second-order valence-electron chi connectivity index (χ2n) is 4.97. The van der Waals surface area contributed by atoms with Gasteiger partial charge in [-0.15, -0.1) is 0 Å². The minimum Gasteiger partial charge on any atom is -0.343 e. The Labute approximate surface area is 138 Å². The van der Waals surface area contributed by atoms with Crippen molar-refractivity contribution in [3.05, 3.63) is 72.9 Å². The fourth-order valence-corrected chi connectivity index (χ4v) is 2.06. The maximum Gasteiger partial charge on any atom is 0.251 e. The van der Waals surface area contributed by atoms with Crippen LogP contribution in [-0.4, -0.2) is 32.9 Å². The fraction of sp³-hybridized carbons (Fsp3) is 0.0588. The summed E-state index contributed by atoms with van der Waals surface area (Å²) in [5.41, 5.74) is 1.06. The number of amides is 2. The zero-order chi connectivity index (χ0) is 16.8. The molecule has 0 radical (unpaired) electrons. The van der Waals surface area contributed by atoms with Crippen LogP contribution in [0.2, 0.25) is 0 Å². The quantitative estimate of drug-likeness (QED) is 0.747. The van der Waals surface area contributed by atoms with Gasteiger partial charge >= 0.3 is 0 Å². The Kier molecular flexibility index (Phi) is 4.62. The number of imidazole rings is 1. The summed E-state index contributed by atoms with van der Waals surface area (Å²) in [5, 5.41) is 5.25. The lowest BCUT2D eigenvalue weighted by molar-refractivity contribution is -0.115. The third-order valence-electron chi connectivity index (χ3n) is 3.25. The number of benzene rings is 1. The van der Waals surface area contributed by atoms with E-state index in [2.05, 4.69) is 20.6 Å². The summed E-state index contributed by atoms with van der Waals surface area (Å²) in [6, 6.07) is 12.2. The van der Waals surface area contributed by atoms with Gasteiger partial charge in [0, 0.05) is 18.0 Å². The summed E-state index contributed by atoms with van der Waals surface area (Å²) in [5.74, 6) is 0.0821. The predicted octanol–water partition coefficient (Wildman–Crippen LogP) is 1.64. The van der Waals surface area contributed by atoms with Gasteiger partial charge in [0.05, 0.1) is 18.4 Å². The van der Waals surface area contributed by atoms with Crippen LogP contribution in [0.3, 0.4) is 0 Å². The summed E-state index contributed by atoms with van der Waals surface area (Å²) in [7, 11) is 0. The van der Waals surface area contributed by atoms with Gasteiger partial charge in [-0.2, -0.15) is 0 Å². The second kappa shape index (κ2) is 7.19. The molecule has 0 fully saturated rings. The van der Waals surface area contributed by atoms with Crippen molar-refractivity contribution in [2.75, 3.05) is 11.9 Å². The lowest BCUT2D eigenvalue weighted by atomic mass is 10.2. The summed E-state index contributed by atoms with van der Waals surface area (Å²) >= 11 is 0. The van der Waals surface area contributed by atoms with Gasteiger partial charge < -0.3 is 10.6 Å². The Bertz CT molecular complexity index is 814. The average molecular weight is 321 g/mol. The van der Waals surface area contributed by atoms with E-state index in [1.165, 1.54) is 0 Å². The third kappa shape index (κ3) is 3.83. The Hall–Kier alpha value is -3.48. The molecule has 0 saturated heterocycles. The van der Waals surface area contributed by atoms with Crippen molar-refractivity contribution in [1.82, 2.24) is 19.9 Å². The highest BCUT2D eigenvalue weighted by atomic mass is 16.2. The minimum atomic E-state index is -0.323. The van der Waals surface area contributed by atoms with Crippen LogP contribution < -0.4 is 10.6 Å². The molecule has 7 heteroatoms. The van der Waals surface area contributed by atoms with Crippen LogP contribution in [0.4, 0.5) is 5.69 Å². The Morgan fingerprint density at radius 3 is 2.58 bits per heavy atom. The Morgan fingerprint density at radius 2 is 1.92 bits per heavy atom. The van der Waals surface area contributed by atoms with E-state index in [4.69, 9.17) is 0 Å². The lowest BCUT2D eigenvalue weighted by Crippen LogP contribution is -2.32. The number of rotatable bonds is 5. The van der Waals surface area contributed by atoms with Crippen LogP contribution in [0.25, 0.3) is 5.82 Å². The molecule has 0 aliphatic carbocycles. The van der Waals surface area contributed by atoms with Crippen molar-refractivity contribution in [1.29, 1.82) is 0 Å². The van der Waals surface area contributed by atoms with Gasteiger partial charge in [0.1, 0.15) is 12.1 Å². The third-order valence-corrected chi connectivity index (χ3v) is 3.25. The number of nitrogens with zero attached hydrogens (tertiary/aromatic N) is 3. The van der Waals surface area contributed by atoms with Gasteiger partial charge in [-0.1, -0.05) is 18.2 Å². The number of anilines is 1. The van der Waals surface area contributed by atoms with Gasteiger partial charge in [-0.05, 0) is 24.3 Å². The molecular formula is C17H15N5O2. The molecular weight excluding hydrogens is 306 g/mol. The normalized spacial score (nSPS) is 10.2. The highest BCUT2D eigenvalue weighted by Gasteiger charge is 2.08. The van der Waals surface area contributed by atoms with Crippen molar-refractivity contribution in [3.63, 3.8) is 0 Å². The maximum atomic E-state index is 11.9. The lowest BCUT2D eigenvalue weighted by Gasteiger charge is -2.07. The molecule has 2 N–H and O–H groups in total. The number of carbonyl (C=O) groups excluding carboxylic acids is 2. The molecule has 1 aromatic carbocycles. The van der Waals surface area contributed by atoms with Crippen LogP contribution in [0.1, 0.15) is 10.4 Å². The van der Waals surface area contributed by atoms with E-state index in [-0.39, 0.29) is 18.4 Å². The minimum absolute atomic E-state index is 0.114. The summed E-state index contributed by atoms with van der Waals surface area (Å²) in [6.07, 6.45) is 6.62. The molecule has 0 spiro atoms. The average Bonchev–Trinajstić information content (AvgIpc) is 3.16. The SMILES string of the molecule is O=C(CNC(=O)c1ccccc1)Nc1ccc(-n2ccnc2)nc1. The van der Waals surface area contributed by atoms with Crippen molar-refractivity contribution in [2.24, 2.45) is 0 Å². The number of hydrogen-bond donors (Lipinski definition) is 2. The number of pyridine rings is 1. The van der Waals surface area contributed by atoms with Gasteiger partial charge in [0.2, 0.25) is 5.91 Å². The molecule has 0 bridgehead atoms. The monoisotopic (exact) mass is 321 g/mol. The highest BCUT2D eigenvalue weighted by Crippen LogP contribution is 2.09. The van der Waals surface area contributed by atoms with Crippen LogP contribution in [-0.2, 0) is 4.79 Å². The Morgan fingerprint density at radius 1 is 1.08 bits per heavy atom. The van der Waals surface area contributed by atoms with E-state index >= 15 is 0 Å². The molecule has 7 nitrogen and oxygen atoms in total. The molecule has 24 heavy (non-hydrogen) atoms. The largest absolute Gasteiger partial charge is 0.343 e. The first-order valence-corrected chi connectivity index (χ1v) is 7.30. The number of hydrogen-bond acceptors (Lipinski definition) is 4. The van der Waals surface area contributed by atoms with E-state index in [9.17, 15) is 9.59 Å². The molecule has 0 unspecified atom stereocenters. The smallest absolute Gasteiger partial charge is 0.251 e. The van der Waals surface area contributed by atoms with Gasteiger partial charge in [0.15, 0.2) is 0 Å². The molecule has 2 aromatic heterocycles. The van der Waals surface area contributed by atoms with Gasteiger partial charge in [-0.3, -0.25) is 14.2 Å². The molecule has 2 heterocycles. The molecule has 0 aliphatic heterocycles. The summed E-state index contributed by atoms with van der Waals surface area (Å²) < 4.78 is 1.76. The van der Waals surface area contributed by atoms with Crippen molar-refractivity contribution < 1.29 is 9.59 Å². The van der Waals surface area contributed by atoms with Crippen molar-refractivity contribution in [2.45, 2.75) is 0 Å². The number of carbonyl (C=O) groups is 2. The molecule has 0 aliphatic rings. The van der Waals surface area contributed by atoms with Crippen LogP contribution in [0.5, 0.6) is 0 Å². The fourth-order valence-electron chi connectivity index (χ4n) is 2.06. The van der Waals surface area contributed by atoms with Crippen LogP contribution in [0.15, 0.2) is 67.4 Å². The highest BCUT2D eigenvalue weighted by molar-refractivity contribution is 5.99. The van der Waals surface area contributed by atoms with Crippen molar-refractivity contribution in [3.8, 4) is 5.82 Å². The molecule has 3 aromatic rings. The first kappa shape index (κ1) is 15.4. The van der Waals surface area contributed by atoms with Crippen LogP contribution in [0, 0.1) is 0 Å². The number of aromatic nitrogens is 3. The molecule has 0 atom stereocenters. The Balaban J connectivity index is 1.52. The first-order chi connectivity index (χ1) is 11.7. The first-order valence-electron chi connectivity index (χ1n) is 7.30. The zero-order valence-electron chi connectivity index (χ0n) is 12.7. The molecule has 3 rings (SSSR count). The second-order valence-corrected chi connectivity index (χ2v) is 4.97. The van der Waals surface area contributed by atoms with Crippen LogP contribution >= 0.6 is 0 Å². The van der Waals surface area contributed by atoms with E-state index in [1.54, 1.807) is 65.9 Å². The predicted molar refractivity (Wildman–Crippen MR) is 88.8 cm³/mol. The maximum absolute atomic E-state index is 11.9. The van der Waals surface area contributed by atoms with Gasteiger partial charge in [-0.25, -0.2) is 9.97 Å². The topological polar surface area (TPSA) is 88.9 Å². The van der Waals surface area contributed by atoms with E-state index in [0.717, 1.165) is 0 Å². The summed E-state index contributed by atoms with van der Waals surface area (Å²) in [6.45, 7) is -0.114. The molecule has 2 amide bonds. The number of nitrogens with one attached hydrogen (secondary N) is 2. The molecule has 120 valence electrons. The van der Waals surface area contributed by atoms with Gasteiger partial charge in [0.25, 0.3) is 5.91 Å². The standard InChI is InChI=1S/C17H15N5O2/c23-16(11-20-17(24)13-4-2-1-3-5-13)21-14-6-7-15(19-10-14)22-9-8-18-12-22/h1-10,12H,11H2,(H,20,24)(H,21,23). The van der Waals surface area contributed by atoms with Crippen molar-refractivity contribution >= 4 is 17.5 Å². The zero-order valence-corrected chi connectivity index (χ0v) is 12.7. The van der Waals surface area contributed by atoms with E-state index < -0.39 is 0 Å². The van der Waals surface area contributed by atoms with E-state index in [0.29, 0.717) is 17.1 Å².